The summed E-state index contributed by atoms with van der Waals surface area (Å²) in [5.74, 6) is -1.33. The summed E-state index contributed by atoms with van der Waals surface area (Å²) in [4.78, 5) is 43.5. The van der Waals surface area contributed by atoms with E-state index in [0.717, 1.165) is 5.56 Å². The molecule has 0 radical (unpaired) electrons. The number of nitrogens with two attached hydrogens (primary N) is 1. The summed E-state index contributed by atoms with van der Waals surface area (Å²) < 4.78 is 1.81. The van der Waals surface area contributed by atoms with Crippen molar-refractivity contribution in [2.75, 3.05) is 6.54 Å². The van der Waals surface area contributed by atoms with Crippen molar-refractivity contribution in [3.63, 3.8) is 0 Å². The second kappa shape index (κ2) is 8.54. The molecule has 1 unspecified atom stereocenters. The molecule has 3 heterocycles. The molecule has 0 saturated heterocycles. The van der Waals surface area contributed by atoms with Gasteiger partial charge in [0.05, 0.1) is 11.6 Å². The largest absolute Gasteiger partial charge is 0.364 e. The number of amides is 3. The first-order valence-corrected chi connectivity index (χ1v) is 9.56. The molecule has 5 N–H and O–H groups in total. The summed E-state index contributed by atoms with van der Waals surface area (Å²) in [5.41, 5.74) is 7.60. The lowest BCUT2D eigenvalue weighted by Gasteiger charge is -2.20. The number of carbonyl (C=O) groups excluding carboxylic acids is 3. The molecule has 9 nitrogen and oxygen atoms in total. The molecule has 1 aromatic carbocycles. The fourth-order valence-corrected chi connectivity index (χ4v) is 3.20. The number of aromatic nitrogens is 3. The number of H-pyrrole nitrogens is 1. The fraction of sp³-hybridized carbons (Fsp3) is 0.0909. The van der Waals surface area contributed by atoms with Crippen LogP contribution in [-0.4, -0.2) is 38.6 Å². The number of carbonyl (C=O) groups is 3. The molecule has 0 aliphatic carbocycles. The maximum absolute atomic E-state index is 12.7. The molecule has 0 aliphatic heterocycles. The molecule has 0 saturated carbocycles. The van der Waals surface area contributed by atoms with Gasteiger partial charge in [0.25, 0.3) is 17.7 Å². The monoisotopic (exact) mass is 416 g/mol. The Kier molecular flexibility index (Phi) is 5.48. The van der Waals surface area contributed by atoms with Crippen LogP contribution in [0.3, 0.4) is 0 Å². The molecule has 0 fully saturated rings. The Morgan fingerprint density at radius 1 is 1.03 bits per heavy atom. The van der Waals surface area contributed by atoms with Crippen molar-refractivity contribution in [1.29, 1.82) is 0 Å². The molecule has 31 heavy (non-hydrogen) atoms. The predicted molar refractivity (Wildman–Crippen MR) is 113 cm³/mol. The van der Waals surface area contributed by atoms with Gasteiger partial charge in [-0.05, 0) is 23.8 Å². The third-order valence-corrected chi connectivity index (χ3v) is 4.84. The van der Waals surface area contributed by atoms with Crippen LogP contribution in [0.25, 0.3) is 5.65 Å². The minimum Gasteiger partial charge on any atom is -0.364 e. The molecule has 9 heteroatoms. The number of hydrogen-bond donors (Lipinski definition) is 4. The number of primary amides is 1. The Balaban J connectivity index is 1.49. The number of pyridine rings is 1. The van der Waals surface area contributed by atoms with E-state index >= 15 is 0 Å². The minimum atomic E-state index is -0.652. The lowest BCUT2D eigenvalue weighted by Crippen LogP contribution is -2.37. The number of rotatable bonds is 7. The molecule has 0 bridgehead atoms. The van der Waals surface area contributed by atoms with E-state index in [2.05, 4.69) is 20.6 Å². The Morgan fingerprint density at radius 2 is 1.84 bits per heavy atom. The van der Waals surface area contributed by atoms with E-state index in [0.29, 0.717) is 11.2 Å². The molecule has 0 aliphatic rings. The smallest absolute Gasteiger partial charge is 0.265 e. The second-order valence-corrected chi connectivity index (χ2v) is 6.92. The summed E-state index contributed by atoms with van der Waals surface area (Å²) >= 11 is 0. The van der Waals surface area contributed by atoms with Crippen LogP contribution < -0.4 is 16.4 Å². The highest BCUT2D eigenvalue weighted by atomic mass is 16.2. The van der Waals surface area contributed by atoms with E-state index in [1.807, 2.05) is 30.3 Å². The van der Waals surface area contributed by atoms with Crippen LogP contribution >= 0.6 is 0 Å². The third-order valence-electron chi connectivity index (χ3n) is 4.84. The fourth-order valence-electron chi connectivity index (χ4n) is 3.20. The summed E-state index contributed by atoms with van der Waals surface area (Å²) in [6, 6.07) is 13.6. The van der Waals surface area contributed by atoms with Gasteiger partial charge in [-0.3, -0.25) is 14.4 Å². The number of fused-ring (bicyclic) bond motifs is 1. The third kappa shape index (κ3) is 4.45. The summed E-state index contributed by atoms with van der Waals surface area (Å²) in [7, 11) is 0. The molecule has 0 spiro atoms. The van der Waals surface area contributed by atoms with Crippen molar-refractivity contribution in [2.24, 2.45) is 5.73 Å². The highest BCUT2D eigenvalue weighted by molar-refractivity contribution is 5.99. The van der Waals surface area contributed by atoms with E-state index in [4.69, 9.17) is 5.73 Å². The number of aromatic amines is 1. The zero-order chi connectivity index (χ0) is 21.8. The number of imidazole rings is 1. The Hall–Kier alpha value is -4.40. The van der Waals surface area contributed by atoms with Crippen LogP contribution in [0.1, 0.15) is 42.8 Å². The summed E-state index contributed by atoms with van der Waals surface area (Å²) in [6.07, 6.45) is 6.62. The molecule has 4 rings (SSSR count). The van der Waals surface area contributed by atoms with Gasteiger partial charge in [0.2, 0.25) is 0 Å². The Bertz CT molecular complexity index is 1240. The lowest BCUT2D eigenvalue weighted by atomic mass is 10.1. The molecular weight excluding hydrogens is 396 g/mol. The molecular formula is C22H20N6O3. The minimum absolute atomic E-state index is 0.143. The van der Waals surface area contributed by atoms with Crippen LogP contribution in [0.15, 0.2) is 73.3 Å². The molecule has 3 aromatic heterocycles. The van der Waals surface area contributed by atoms with Crippen LogP contribution in [0.4, 0.5) is 0 Å². The van der Waals surface area contributed by atoms with Crippen LogP contribution in [0.5, 0.6) is 0 Å². The Labute approximate surface area is 177 Å². The van der Waals surface area contributed by atoms with Crippen LogP contribution in [0, 0.1) is 0 Å². The molecule has 4 aromatic rings. The van der Waals surface area contributed by atoms with E-state index in [9.17, 15) is 14.4 Å². The van der Waals surface area contributed by atoms with Gasteiger partial charge in [-0.25, -0.2) is 4.98 Å². The van der Waals surface area contributed by atoms with Crippen LogP contribution in [0.2, 0.25) is 0 Å². The highest BCUT2D eigenvalue weighted by Gasteiger charge is 2.19. The standard InChI is InChI=1S/C22H20N6O3/c23-20(29)17-10-16(12-25-17)22(31)27-18(14-4-2-1-3-5-14)13-26-21(30)15-6-8-28-9-7-24-19(28)11-15/h1-12,18,25H,13H2,(H2,23,29)(H,26,30)(H,27,31). The van der Waals surface area contributed by atoms with E-state index < -0.39 is 17.9 Å². The second-order valence-electron chi connectivity index (χ2n) is 6.92. The van der Waals surface area contributed by atoms with Gasteiger partial charge < -0.3 is 25.8 Å². The number of hydrogen-bond acceptors (Lipinski definition) is 4. The average Bonchev–Trinajstić information content (AvgIpc) is 3.46. The quantitative estimate of drug-likeness (QED) is 0.364. The SMILES string of the molecule is NC(=O)c1cc(C(=O)NC(CNC(=O)c2ccn3ccnc3c2)c2ccccc2)c[nH]1. The van der Waals surface area contributed by atoms with Gasteiger partial charge in [0.1, 0.15) is 11.3 Å². The molecule has 3 amide bonds. The average molecular weight is 416 g/mol. The predicted octanol–water partition coefficient (Wildman–Crippen LogP) is 1.66. The van der Waals surface area contributed by atoms with E-state index in [-0.39, 0.29) is 23.7 Å². The van der Waals surface area contributed by atoms with Crippen molar-refractivity contribution >= 4 is 23.4 Å². The van der Waals surface area contributed by atoms with Gasteiger partial charge >= 0.3 is 0 Å². The summed E-state index contributed by atoms with van der Waals surface area (Å²) in [6.45, 7) is 0.168. The number of benzene rings is 1. The highest BCUT2D eigenvalue weighted by Crippen LogP contribution is 2.14. The lowest BCUT2D eigenvalue weighted by molar-refractivity contribution is 0.0908. The van der Waals surface area contributed by atoms with Gasteiger partial charge in [-0.2, -0.15) is 0 Å². The first kappa shape index (κ1) is 19.9. The van der Waals surface area contributed by atoms with Gasteiger partial charge in [-0.1, -0.05) is 30.3 Å². The van der Waals surface area contributed by atoms with E-state index in [1.54, 1.807) is 35.1 Å². The number of nitrogens with one attached hydrogen (secondary N) is 3. The normalized spacial score (nSPS) is 11.7. The van der Waals surface area contributed by atoms with Crippen molar-refractivity contribution in [3.8, 4) is 0 Å². The van der Waals surface area contributed by atoms with Crippen molar-refractivity contribution < 1.29 is 14.4 Å². The van der Waals surface area contributed by atoms with Crippen molar-refractivity contribution in [3.05, 3.63) is 95.7 Å². The zero-order valence-electron chi connectivity index (χ0n) is 16.4. The van der Waals surface area contributed by atoms with E-state index in [1.165, 1.54) is 12.3 Å². The molecule has 1 atom stereocenters. The first-order valence-electron chi connectivity index (χ1n) is 9.56. The zero-order valence-corrected chi connectivity index (χ0v) is 16.4. The van der Waals surface area contributed by atoms with Gasteiger partial charge in [0.15, 0.2) is 0 Å². The van der Waals surface area contributed by atoms with Crippen molar-refractivity contribution in [2.45, 2.75) is 6.04 Å². The summed E-state index contributed by atoms with van der Waals surface area (Å²) in [5, 5.41) is 5.75. The van der Waals surface area contributed by atoms with Crippen molar-refractivity contribution in [1.82, 2.24) is 25.0 Å². The van der Waals surface area contributed by atoms with Gasteiger partial charge in [0, 0.05) is 36.9 Å². The van der Waals surface area contributed by atoms with Gasteiger partial charge in [-0.15, -0.1) is 0 Å². The Morgan fingerprint density at radius 3 is 2.58 bits per heavy atom. The number of nitrogens with zero attached hydrogens (tertiary/aromatic N) is 2. The molecule has 156 valence electrons. The maximum atomic E-state index is 12.7. The topological polar surface area (TPSA) is 134 Å². The maximum Gasteiger partial charge on any atom is 0.265 e. The first-order chi connectivity index (χ1) is 15.0. The van der Waals surface area contributed by atoms with Crippen LogP contribution in [-0.2, 0) is 0 Å².